The lowest BCUT2D eigenvalue weighted by molar-refractivity contribution is -0.131. The lowest BCUT2D eigenvalue weighted by Gasteiger charge is -2.18. The van der Waals surface area contributed by atoms with Crippen LogP contribution in [0.15, 0.2) is 22.8 Å². The Kier molecular flexibility index (Phi) is 5.05. The fourth-order valence-corrected chi connectivity index (χ4v) is 1.58. The smallest absolute Gasteiger partial charge is 0.224 e. The first-order valence-electron chi connectivity index (χ1n) is 5.65. The molecule has 1 aromatic rings. The van der Waals surface area contributed by atoms with Crippen molar-refractivity contribution in [3.63, 3.8) is 0 Å². The van der Waals surface area contributed by atoms with E-state index in [2.05, 4.69) is 6.92 Å². The molecule has 0 saturated heterocycles. The van der Waals surface area contributed by atoms with Crippen LogP contribution in [0.25, 0.3) is 0 Å². The predicted molar refractivity (Wildman–Crippen MR) is 62.7 cm³/mol. The van der Waals surface area contributed by atoms with Gasteiger partial charge in [-0.25, -0.2) is 0 Å². The Morgan fingerprint density at radius 3 is 2.94 bits per heavy atom. The zero-order chi connectivity index (χ0) is 12.0. The molecule has 4 heteroatoms. The lowest BCUT2D eigenvalue weighted by atomic mass is 10.1. The summed E-state index contributed by atoms with van der Waals surface area (Å²) >= 11 is 0. The van der Waals surface area contributed by atoms with Gasteiger partial charge < -0.3 is 15.1 Å². The quantitative estimate of drug-likeness (QED) is 0.801. The maximum atomic E-state index is 11.8. The van der Waals surface area contributed by atoms with Crippen LogP contribution in [0.3, 0.4) is 0 Å². The van der Waals surface area contributed by atoms with E-state index in [1.165, 1.54) is 0 Å². The number of amides is 1. The van der Waals surface area contributed by atoms with Crippen LogP contribution in [0.1, 0.15) is 31.9 Å². The van der Waals surface area contributed by atoms with Gasteiger partial charge in [0.25, 0.3) is 0 Å². The van der Waals surface area contributed by atoms with E-state index in [1.807, 2.05) is 12.1 Å². The average molecular weight is 224 g/mol. The number of hydrogen-bond donors (Lipinski definition) is 1. The SMILES string of the molecule is CCCC(N)CC(=O)N(C)Cc1ccco1. The van der Waals surface area contributed by atoms with Crippen LogP contribution in [-0.2, 0) is 11.3 Å². The molecule has 1 amide bonds. The predicted octanol–water partition coefficient (Wildman–Crippen LogP) is 1.76. The Labute approximate surface area is 96.4 Å². The van der Waals surface area contributed by atoms with Crippen molar-refractivity contribution in [3.8, 4) is 0 Å². The summed E-state index contributed by atoms with van der Waals surface area (Å²) in [5.41, 5.74) is 5.83. The topological polar surface area (TPSA) is 59.5 Å². The first-order valence-corrected chi connectivity index (χ1v) is 5.65. The molecule has 1 aromatic heterocycles. The minimum Gasteiger partial charge on any atom is -0.467 e. The number of furan rings is 1. The van der Waals surface area contributed by atoms with Crippen molar-refractivity contribution in [2.75, 3.05) is 7.05 Å². The van der Waals surface area contributed by atoms with Crippen LogP contribution >= 0.6 is 0 Å². The van der Waals surface area contributed by atoms with E-state index < -0.39 is 0 Å². The zero-order valence-electron chi connectivity index (χ0n) is 9.98. The highest BCUT2D eigenvalue weighted by Gasteiger charge is 2.14. The Morgan fingerprint density at radius 1 is 1.62 bits per heavy atom. The molecule has 2 N–H and O–H groups in total. The van der Waals surface area contributed by atoms with Gasteiger partial charge in [0.1, 0.15) is 5.76 Å². The third-order valence-electron chi connectivity index (χ3n) is 2.50. The van der Waals surface area contributed by atoms with Crippen molar-refractivity contribution >= 4 is 5.91 Å². The molecule has 0 saturated carbocycles. The number of carbonyl (C=O) groups is 1. The summed E-state index contributed by atoms with van der Waals surface area (Å²) in [6.07, 6.45) is 3.91. The van der Waals surface area contributed by atoms with Gasteiger partial charge in [-0.15, -0.1) is 0 Å². The second kappa shape index (κ2) is 6.33. The van der Waals surface area contributed by atoms with Gasteiger partial charge in [0, 0.05) is 19.5 Å². The summed E-state index contributed by atoms with van der Waals surface area (Å²) in [5, 5.41) is 0. The average Bonchev–Trinajstić information content (AvgIpc) is 2.70. The monoisotopic (exact) mass is 224 g/mol. The van der Waals surface area contributed by atoms with Gasteiger partial charge >= 0.3 is 0 Å². The number of hydrogen-bond acceptors (Lipinski definition) is 3. The molecule has 0 radical (unpaired) electrons. The summed E-state index contributed by atoms with van der Waals surface area (Å²) in [4.78, 5) is 13.4. The maximum Gasteiger partial charge on any atom is 0.224 e. The molecule has 0 aliphatic rings. The minimum atomic E-state index is -0.0310. The van der Waals surface area contributed by atoms with Crippen LogP contribution in [0, 0.1) is 0 Å². The first kappa shape index (κ1) is 12.8. The second-order valence-corrected chi connectivity index (χ2v) is 4.08. The van der Waals surface area contributed by atoms with Gasteiger partial charge in [-0.3, -0.25) is 4.79 Å². The fraction of sp³-hybridized carbons (Fsp3) is 0.583. The lowest BCUT2D eigenvalue weighted by Crippen LogP contribution is -2.32. The molecule has 1 atom stereocenters. The van der Waals surface area contributed by atoms with Crippen molar-refractivity contribution in [1.82, 2.24) is 4.90 Å². The standard InChI is InChI=1S/C12H20N2O2/c1-3-5-10(13)8-12(15)14(2)9-11-6-4-7-16-11/h4,6-7,10H,3,5,8-9,13H2,1-2H3. The molecule has 0 aromatic carbocycles. The Morgan fingerprint density at radius 2 is 2.38 bits per heavy atom. The molecule has 4 nitrogen and oxygen atoms in total. The summed E-state index contributed by atoms with van der Waals surface area (Å²) in [7, 11) is 1.77. The molecule has 0 aliphatic carbocycles. The van der Waals surface area contributed by atoms with E-state index in [1.54, 1.807) is 18.2 Å². The number of carbonyl (C=O) groups excluding carboxylic acids is 1. The van der Waals surface area contributed by atoms with E-state index in [0.29, 0.717) is 13.0 Å². The molecule has 1 unspecified atom stereocenters. The first-order chi connectivity index (χ1) is 7.63. The summed E-state index contributed by atoms with van der Waals surface area (Å²) in [5.74, 6) is 0.859. The largest absolute Gasteiger partial charge is 0.467 e. The molecule has 0 fully saturated rings. The van der Waals surface area contributed by atoms with E-state index >= 15 is 0 Å². The van der Waals surface area contributed by atoms with E-state index in [0.717, 1.165) is 18.6 Å². The van der Waals surface area contributed by atoms with E-state index in [9.17, 15) is 4.79 Å². The summed E-state index contributed by atoms with van der Waals surface area (Å²) in [6, 6.07) is 3.64. The molecule has 90 valence electrons. The summed E-state index contributed by atoms with van der Waals surface area (Å²) in [6.45, 7) is 2.57. The molecule has 1 heterocycles. The number of nitrogens with two attached hydrogens (primary N) is 1. The van der Waals surface area contributed by atoms with Crippen molar-refractivity contribution < 1.29 is 9.21 Å². The highest BCUT2D eigenvalue weighted by atomic mass is 16.3. The highest BCUT2D eigenvalue weighted by Crippen LogP contribution is 2.07. The maximum absolute atomic E-state index is 11.8. The van der Waals surface area contributed by atoms with Gasteiger partial charge in [0.15, 0.2) is 0 Å². The van der Waals surface area contributed by atoms with Gasteiger partial charge in [0.2, 0.25) is 5.91 Å². The third-order valence-corrected chi connectivity index (χ3v) is 2.50. The normalized spacial score (nSPS) is 12.4. The minimum absolute atomic E-state index is 0.0310. The Balaban J connectivity index is 2.36. The van der Waals surface area contributed by atoms with E-state index in [-0.39, 0.29) is 11.9 Å². The molecule has 0 aliphatic heterocycles. The van der Waals surface area contributed by atoms with Crippen LogP contribution in [0.2, 0.25) is 0 Å². The Hall–Kier alpha value is -1.29. The highest BCUT2D eigenvalue weighted by molar-refractivity contribution is 5.76. The fourth-order valence-electron chi connectivity index (χ4n) is 1.58. The second-order valence-electron chi connectivity index (χ2n) is 4.08. The Bertz CT molecular complexity index is 309. The van der Waals surface area contributed by atoms with E-state index in [4.69, 9.17) is 10.2 Å². The molecule has 16 heavy (non-hydrogen) atoms. The molecule has 1 rings (SSSR count). The molecule has 0 spiro atoms. The van der Waals surface area contributed by atoms with Gasteiger partial charge in [-0.1, -0.05) is 13.3 Å². The van der Waals surface area contributed by atoms with Crippen LogP contribution < -0.4 is 5.73 Å². The van der Waals surface area contributed by atoms with Crippen molar-refractivity contribution in [3.05, 3.63) is 24.2 Å². The van der Waals surface area contributed by atoms with Crippen molar-refractivity contribution in [1.29, 1.82) is 0 Å². The van der Waals surface area contributed by atoms with Crippen molar-refractivity contribution in [2.24, 2.45) is 5.73 Å². The van der Waals surface area contributed by atoms with Crippen LogP contribution in [0.4, 0.5) is 0 Å². The molecule has 0 bridgehead atoms. The summed E-state index contributed by atoms with van der Waals surface area (Å²) < 4.78 is 5.18. The molecular formula is C12H20N2O2. The number of rotatable bonds is 6. The third kappa shape index (κ3) is 4.06. The molecular weight excluding hydrogens is 204 g/mol. The number of nitrogens with zero attached hydrogens (tertiary/aromatic N) is 1. The van der Waals surface area contributed by atoms with Crippen LogP contribution in [0.5, 0.6) is 0 Å². The van der Waals surface area contributed by atoms with Gasteiger partial charge in [-0.2, -0.15) is 0 Å². The zero-order valence-corrected chi connectivity index (χ0v) is 9.98. The van der Waals surface area contributed by atoms with Gasteiger partial charge in [0.05, 0.1) is 12.8 Å². The van der Waals surface area contributed by atoms with Crippen LogP contribution in [-0.4, -0.2) is 23.9 Å². The van der Waals surface area contributed by atoms with Gasteiger partial charge in [-0.05, 0) is 18.6 Å². The van der Waals surface area contributed by atoms with Crippen molar-refractivity contribution in [2.45, 2.75) is 38.8 Å².